The summed E-state index contributed by atoms with van der Waals surface area (Å²) in [6, 6.07) is 12.0. The van der Waals surface area contributed by atoms with Crippen molar-refractivity contribution in [2.75, 3.05) is 0 Å². The highest BCUT2D eigenvalue weighted by Gasteiger charge is 2.55. The fourth-order valence-corrected chi connectivity index (χ4v) is 6.14. The van der Waals surface area contributed by atoms with E-state index in [1.165, 1.54) is 19.3 Å². The molecule has 0 amide bonds. The minimum atomic E-state index is -0.0288. The Morgan fingerprint density at radius 2 is 1.65 bits per heavy atom. The molecule has 0 saturated heterocycles. The fourth-order valence-electron chi connectivity index (χ4n) is 6.14. The molecular formula is C22H25BrN2O. The predicted octanol–water partition coefficient (Wildman–Crippen LogP) is 0.826. The smallest absolute Gasteiger partial charge is 0.231 e. The number of ketones is 1. The first-order chi connectivity index (χ1) is 12.2. The lowest BCUT2D eigenvalue weighted by Gasteiger charge is -2.55. The van der Waals surface area contributed by atoms with Crippen molar-refractivity contribution < 1.29 is 26.3 Å². The highest BCUT2D eigenvalue weighted by molar-refractivity contribution is 5.84. The molecule has 0 aromatic carbocycles. The number of pyridine rings is 2. The normalized spacial score (nSPS) is 31.5. The van der Waals surface area contributed by atoms with E-state index in [4.69, 9.17) is 0 Å². The standard InChI is InChI=1S/C22H25N2O.BrH/c25-21(22-12-16-9-17(13-22)11-18(10-16)14-22)15-24-8-4-2-6-20(24)19-5-1-3-7-23-19;/h1-8,16-18H,9-15H2;1H/q+1;/p-1. The van der Waals surface area contributed by atoms with E-state index in [9.17, 15) is 4.79 Å². The van der Waals surface area contributed by atoms with Gasteiger partial charge in [-0.2, -0.15) is 4.57 Å². The van der Waals surface area contributed by atoms with Crippen LogP contribution in [0.2, 0.25) is 0 Å². The van der Waals surface area contributed by atoms with Gasteiger partial charge < -0.3 is 17.0 Å². The molecule has 6 rings (SSSR count). The Balaban J connectivity index is 0.00000168. The molecule has 3 nitrogen and oxygen atoms in total. The van der Waals surface area contributed by atoms with Gasteiger partial charge in [0, 0.05) is 23.7 Å². The average molecular weight is 413 g/mol. The number of hydrogen-bond donors (Lipinski definition) is 0. The Morgan fingerprint density at radius 3 is 2.27 bits per heavy atom. The molecular weight excluding hydrogens is 388 g/mol. The van der Waals surface area contributed by atoms with Gasteiger partial charge in [0.1, 0.15) is 5.69 Å². The third-order valence-electron chi connectivity index (χ3n) is 6.81. The van der Waals surface area contributed by atoms with Crippen molar-refractivity contribution in [3.8, 4) is 11.4 Å². The molecule has 0 unspecified atom stereocenters. The molecule has 0 N–H and O–H groups in total. The molecule has 4 heteroatoms. The van der Waals surface area contributed by atoms with Crippen molar-refractivity contribution in [2.24, 2.45) is 23.2 Å². The van der Waals surface area contributed by atoms with Gasteiger partial charge in [0.15, 0.2) is 6.20 Å². The van der Waals surface area contributed by atoms with Crippen LogP contribution in [0.25, 0.3) is 11.4 Å². The minimum absolute atomic E-state index is 0. The molecule has 0 atom stereocenters. The number of rotatable bonds is 4. The molecule has 0 aliphatic heterocycles. The van der Waals surface area contributed by atoms with Crippen LogP contribution in [0, 0.1) is 23.2 Å². The minimum Gasteiger partial charge on any atom is -1.00 e. The van der Waals surface area contributed by atoms with Crippen LogP contribution in [0.1, 0.15) is 38.5 Å². The Hall–Kier alpha value is -1.55. The number of halogens is 1. The maximum Gasteiger partial charge on any atom is 0.231 e. The van der Waals surface area contributed by atoms with E-state index in [2.05, 4.69) is 15.6 Å². The van der Waals surface area contributed by atoms with Crippen molar-refractivity contribution in [1.29, 1.82) is 0 Å². The summed E-state index contributed by atoms with van der Waals surface area (Å²) >= 11 is 0. The highest BCUT2D eigenvalue weighted by atomic mass is 79.9. The number of aromatic nitrogens is 2. The maximum absolute atomic E-state index is 13.4. The Morgan fingerprint density at radius 1 is 1.00 bits per heavy atom. The van der Waals surface area contributed by atoms with E-state index in [-0.39, 0.29) is 22.4 Å². The van der Waals surface area contributed by atoms with Crippen molar-refractivity contribution in [2.45, 2.75) is 45.1 Å². The van der Waals surface area contributed by atoms with E-state index in [0.29, 0.717) is 12.3 Å². The second-order valence-electron chi connectivity index (χ2n) is 8.55. The number of nitrogens with zero attached hydrogens (tertiary/aromatic N) is 2. The number of carbonyl (C=O) groups is 1. The van der Waals surface area contributed by atoms with Crippen molar-refractivity contribution in [1.82, 2.24) is 4.98 Å². The van der Waals surface area contributed by atoms with Crippen LogP contribution in [-0.4, -0.2) is 10.8 Å². The van der Waals surface area contributed by atoms with Crippen molar-refractivity contribution >= 4 is 5.78 Å². The zero-order chi connectivity index (χ0) is 16.9. The topological polar surface area (TPSA) is 33.8 Å². The summed E-state index contributed by atoms with van der Waals surface area (Å²) in [7, 11) is 0. The summed E-state index contributed by atoms with van der Waals surface area (Å²) < 4.78 is 2.10. The summed E-state index contributed by atoms with van der Waals surface area (Å²) in [4.78, 5) is 17.9. The second-order valence-corrected chi connectivity index (χ2v) is 8.55. The molecule has 26 heavy (non-hydrogen) atoms. The molecule has 136 valence electrons. The van der Waals surface area contributed by atoms with Gasteiger partial charge in [-0.15, -0.1) is 0 Å². The first-order valence-electron chi connectivity index (χ1n) is 9.65. The molecule has 4 saturated carbocycles. The van der Waals surface area contributed by atoms with E-state index in [1.807, 2.05) is 42.7 Å². The third-order valence-corrected chi connectivity index (χ3v) is 6.81. The Labute approximate surface area is 165 Å². The molecule has 0 radical (unpaired) electrons. The molecule has 4 aliphatic carbocycles. The van der Waals surface area contributed by atoms with Gasteiger partial charge in [0.2, 0.25) is 18.0 Å². The number of hydrogen-bond acceptors (Lipinski definition) is 2. The predicted molar refractivity (Wildman–Crippen MR) is 95.5 cm³/mol. The molecule has 2 aromatic rings. The molecule has 4 aliphatic rings. The fraction of sp³-hybridized carbons (Fsp3) is 0.500. The first-order valence-corrected chi connectivity index (χ1v) is 9.65. The van der Waals surface area contributed by atoms with Gasteiger partial charge in [-0.3, -0.25) is 4.79 Å². The van der Waals surface area contributed by atoms with Gasteiger partial charge in [-0.25, -0.2) is 4.98 Å². The summed E-state index contributed by atoms with van der Waals surface area (Å²) in [6.07, 6.45) is 11.4. The van der Waals surface area contributed by atoms with Crippen LogP contribution in [0.5, 0.6) is 0 Å². The van der Waals surface area contributed by atoms with E-state index >= 15 is 0 Å². The lowest BCUT2D eigenvalue weighted by atomic mass is 9.48. The van der Waals surface area contributed by atoms with Gasteiger partial charge in [0.05, 0.1) is 0 Å². The van der Waals surface area contributed by atoms with Crippen molar-refractivity contribution in [3.63, 3.8) is 0 Å². The van der Waals surface area contributed by atoms with Crippen LogP contribution < -0.4 is 21.5 Å². The van der Waals surface area contributed by atoms with Crippen LogP contribution in [0.4, 0.5) is 0 Å². The zero-order valence-corrected chi connectivity index (χ0v) is 16.6. The molecule has 4 bridgehead atoms. The van der Waals surface area contributed by atoms with E-state index in [0.717, 1.165) is 48.4 Å². The largest absolute Gasteiger partial charge is 1.00 e. The van der Waals surface area contributed by atoms with Crippen LogP contribution >= 0.6 is 0 Å². The Kier molecular flexibility index (Phi) is 4.72. The number of Topliss-reactive ketones (excluding diaryl/α,β-unsaturated/α-hetero) is 1. The third kappa shape index (κ3) is 3.02. The van der Waals surface area contributed by atoms with Gasteiger partial charge >= 0.3 is 0 Å². The summed E-state index contributed by atoms with van der Waals surface area (Å²) in [6.45, 7) is 0.485. The molecule has 2 heterocycles. The quantitative estimate of drug-likeness (QED) is 0.696. The number of carbonyl (C=O) groups excluding carboxylic acids is 1. The van der Waals surface area contributed by atoms with Gasteiger partial charge in [0.25, 0.3) is 0 Å². The second kappa shape index (κ2) is 6.88. The first kappa shape index (κ1) is 17.8. The van der Waals surface area contributed by atoms with Crippen molar-refractivity contribution in [3.05, 3.63) is 48.8 Å². The van der Waals surface area contributed by atoms with Gasteiger partial charge in [-0.1, -0.05) is 6.07 Å². The van der Waals surface area contributed by atoms with E-state index < -0.39 is 0 Å². The zero-order valence-electron chi connectivity index (χ0n) is 15.0. The molecule has 2 aromatic heterocycles. The lowest BCUT2D eigenvalue weighted by Crippen LogP contribution is -3.00. The highest BCUT2D eigenvalue weighted by Crippen LogP contribution is 2.60. The van der Waals surface area contributed by atoms with Crippen LogP contribution in [0.15, 0.2) is 48.8 Å². The van der Waals surface area contributed by atoms with Gasteiger partial charge in [-0.05, 0) is 74.5 Å². The monoisotopic (exact) mass is 412 g/mol. The summed E-state index contributed by atoms with van der Waals surface area (Å²) in [5.74, 6) is 2.89. The summed E-state index contributed by atoms with van der Waals surface area (Å²) in [5, 5.41) is 0. The SMILES string of the molecule is O=C(C[n+]1ccccc1-c1ccccn1)C12CC3CC(CC(C3)C1)C2.[Br-]. The molecule has 4 fully saturated rings. The van der Waals surface area contributed by atoms with Crippen LogP contribution in [0.3, 0.4) is 0 Å². The van der Waals surface area contributed by atoms with E-state index in [1.54, 1.807) is 0 Å². The maximum atomic E-state index is 13.4. The average Bonchev–Trinajstić information content (AvgIpc) is 2.62. The lowest BCUT2D eigenvalue weighted by molar-refractivity contribution is -0.674. The van der Waals surface area contributed by atoms with Crippen LogP contribution in [-0.2, 0) is 11.3 Å². The summed E-state index contributed by atoms with van der Waals surface area (Å²) in [5.41, 5.74) is 1.93. The Bertz CT molecular complexity index is 770. The molecule has 0 spiro atoms.